The lowest BCUT2D eigenvalue weighted by Crippen LogP contribution is -2.40. The molecule has 1 aliphatic rings. The summed E-state index contributed by atoms with van der Waals surface area (Å²) in [5, 5.41) is 2.31. The predicted molar refractivity (Wildman–Crippen MR) is 119 cm³/mol. The maximum Gasteiger partial charge on any atom is 0.416 e. The molecule has 0 aliphatic carbocycles. The molecule has 4 rings (SSSR count). The van der Waals surface area contributed by atoms with Crippen molar-refractivity contribution < 1.29 is 26.4 Å². The van der Waals surface area contributed by atoms with Gasteiger partial charge < -0.3 is 9.88 Å². The number of hydrogen-bond donors (Lipinski definition) is 1. The molecule has 12 heteroatoms. The van der Waals surface area contributed by atoms with Gasteiger partial charge in [-0.3, -0.25) is 4.79 Å². The van der Waals surface area contributed by atoms with Crippen LogP contribution < -0.4 is 5.32 Å². The van der Waals surface area contributed by atoms with Gasteiger partial charge in [0.2, 0.25) is 0 Å². The number of imidazole rings is 1. The van der Waals surface area contributed by atoms with E-state index in [0.29, 0.717) is 6.07 Å². The van der Waals surface area contributed by atoms with Crippen LogP contribution in [0.15, 0.2) is 66.1 Å². The molecule has 0 spiro atoms. The highest BCUT2D eigenvalue weighted by atomic mass is 35.5. The Hall–Kier alpha value is -2.89. The van der Waals surface area contributed by atoms with Gasteiger partial charge in [-0.25, -0.2) is 13.4 Å². The van der Waals surface area contributed by atoms with Crippen LogP contribution in [0.3, 0.4) is 0 Å². The summed E-state index contributed by atoms with van der Waals surface area (Å²) in [5.74, 6) is -1.08. The molecule has 34 heavy (non-hydrogen) atoms. The molecule has 2 heterocycles. The van der Waals surface area contributed by atoms with Crippen LogP contribution >= 0.6 is 11.6 Å². The van der Waals surface area contributed by atoms with Gasteiger partial charge in [0.15, 0.2) is 5.03 Å². The zero-order chi connectivity index (χ0) is 24.7. The summed E-state index contributed by atoms with van der Waals surface area (Å²) < 4.78 is 67.8. The number of alkyl halides is 3. The van der Waals surface area contributed by atoms with Gasteiger partial charge in [0.25, 0.3) is 15.9 Å². The predicted octanol–water partition coefficient (Wildman–Crippen LogP) is 3.68. The van der Waals surface area contributed by atoms with Crippen LogP contribution in [0.2, 0.25) is 5.02 Å². The minimum atomic E-state index is -4.59. The Labute approximate surface area is 199 Å². The number of carbonyl (C=O) groups excluding carboxylic acids is 1. The Morgan fingerprint density at radius 2 is 1.85 bits per heavy atom. The Bertz CT molecular complexity index is 1310. The molecule has 7 nitrogen and oxygen atoms in total. The Balaban J connectivity index is 1.62. The first-order chi connectivity index (χ1) is 16.0. The second-order valence-corrected chi connectivity index (χ2v) is 10.3. The van der Waals surface area contributed by atoms with Crippen LogP contribution in [-0.4, -0.2) is 47.3 Å². The normalized spacial score (nSPS) is 19.3. The number of sulfonamides is 1. The quantitative estimate of drug-likeness (QED) is 0.565. The topological polar surface area (TPSA) is 84.3 Å². The van der Waals surface area contributed by atoms with E-state index < -0.39 is 39.6 Å². The molecule has 1 aromatic heterocycles. The first-order valence-electron chi connectivity index (χ1n) is 10.2. The number of halogens is 4. The molecular formula is C22H20ClF3N4O3S. The first-order valence-corrected chi connectivity index (χ1v) is 12.0. The van der Waals surface area contributed by atoms with E-state index in [4.69, 9.17) is 11.6 Å². The van der Waals surface area contributed by atoms with Gasteiger partial charge in [-0.2, -0.15) is 17.5 Å². The molecule has 1 amide bonds. The van der Waals surface area contributed by atoms with E-state index >= 15 is 0 Å². The number of nitrogens with zero attached hydrogens (tertiary/aromatic N) is 3. The Kier molecular flexibility index (Phi) is 6.45. The first kappa shape index (κ1) is 24.2. The minimum Gasteiger partial charge on any atom is -0.347 e. The van der Waals surface area contributed by atoms with Gasteiger partial charge in [-0.15, -0.1) is 0 Å². The third kappa shape index (κ3) is 4.82. The van der Waals surface area contributed by atoms with Gasteiger partial charge >= 0.3 is 6.18 Å². The maximum atomic E-state index is 13.1. The molecule has 0 radical (unpaired) electrons. The van der Waals surface area contributed by atoms with Crippen LogP contribution in [0.4, 0.5) is 13.2 Å². The van der Waals surface area contributed by atoms with Gasteiger partial charge in [0, 0.05) is 32.3 Å². The highest BCUT2D eigenvalue weighted by Crippen LogP contribution is 2.34. The average Bonchev–Trinajstić information content (AvgIpc) is 3.41. The standard InChI is InChI=1S/C22H20ClF3N4O3S/c1-29-12-20(27-13-29)34(32,33)30-10-17(14-5-3-2-4-6-14)19(11-30)28-21(31)16-8-7-15(9-18(16)23)22(24,25)26/h2-9,12-13,17,19H,10-11H2,1H3,(H,28,31)/t17-,19+/m0/s1. The fourth-order valence-electron chi connectivity index (χ4n) is 3.92. The highest BCUT2D eigenvalue weighted by molar-refractivity contribution is 7.89. The zero-order valence-electron chi connectivity index (χ0n) is 17.8. The number of carbonyl (C=O) groups is 1. The van der Waals surface area contributed by atoms with Gasteiger partial charge in [0.1, 0.15) is 0 Å². The van der Waals surface area contributed by atoms with Crippen LogP contribution in [0.1, 0.15) is 27.4 Å². The lowest BCUT2D eigenvalue weighted by molar-refractivity contribution is -0.137. The average molecular weight is 513 g/mol. The van der Waals surface area contributed by atoms with Crippen molar-refractivity contribution in [2.75, 3.05) is 13.1 Å². The van der Waals surface area contributed by atoms with E-state index in [-0.39, 0.29) is 28.7 Å². The van der Waals surface area contributed by atoms with E-state index in [1.165, 1.54) is 21.4 Å². The summed E-state index contributed by atoms with van der Waals surface area (Å²) in [6, 6.07) is 10.9. The second-order valence-electron chi connectivity index (χ2n) is 7.99. The lowest BCUT2D eigenvalue weighted by atomic mass is 9.94. The number of benzene rings is 2. The zero-order valence-corrected chi connectivity index (χ0v) is 19.4. The summed E-state index contributed by atoms with van der Waals surface area (Å²) in [5.41, 5.74) is -0.290. The minimum absolute atomic E-state index is 0.0392. The van der Waals surface area contributed by atoms with Gasteiger partial charge in [0.05, 0.1) is 28.5 Å². The molecule has 180 valence electrons. The number of amides is 1. The Morgan fingerprint density at radius 3 is 2.44 bits per heavy atom. The molecule has 0 unspecified atom stereocenters. The number of hydrogen-bond acceptors (Lipinski definition) is 4. The number of aromatic nitrogens is 2. The Morgan fingerprint density at radius 1 is 1.15 bits per heavy atom. The number of aryl methyl sites for hydroxylation is 1. The number of nitrogens with one attached hydrogen (secondary N) is 1. The van der Waals surface area contributed by atoms with Crippen molar-refractivity contribution in [3.05, 3.63) is 82.8 Å². The largest absolute Gasteiger partial charge is 0.416 e. The van der Waals surface area contributed by atoms with E-state index in [9.17, 15) is 26.4 Å². The van der Waals surface area contributed by atoms with E-state index in [2.05, 4.69) is 10.3 Å². The molecule has 1 N–H and O–H groups in total. The molecule has 1 fully saturated rings. The number of rotatable bonds is 5. The maximum absolute atomic E-state index is 13.1. The summed E-state index contributed by atoms with van der Waals surface area (Å²) in [6.45, 7) is 0.0527. The summed E-state index contributed by atoms with van der Waals surface area (Å²) in [7, 11) is -2.27. The van der Waals surface area contributed by atoms with Crippen molar-refractivity contribution in [2.45, 2.75) is 23.2 Å². The molecule has 0 saturated carbocycles. The second kappa shape index (κ2) is 9.05. The summed E-state index contributed by atoms with van der Waals surface area (Å²) in [6.07, 6.45) is -1.83. The summed E-state index contributed by atoms with van der Waals surface area (Å²) in [4.78, 5) is 16.9. The third-order valence-corrected chi connectivity index (χ3v) is 7.69. The molecule has 1 saturated heterocycles. The van der Waals surface area contributed by atoms with Crippen molar-refractivity contribution in [2.24, 2.45) is 7.05 Å². The molecular weight excluding hydrogens is 493 g/mol. The van der Waals surface area contributed by atoms with Gasteiger partial charge in [-0.1, -0.05) is 41.9 Å². The van der Waals surface area contributed by atoms with Crippen molar-refractivity contribution in [3.63, 3.8) is 0 Å². The van der Waals surface area contributed by atoms with E-state index in [1.807, 2.05) is 18.2 Å². The lowest BCUT2D eigenvalue weighted by Gasteiger charge is -2.20. The van der Waals surface area contributed by atoms with Crippen LogP contribution in [0.5, 0.6) is 0 Å². The highest BCUT2D eigenvalue weighted by Gasteiger charge is 2.42. The van der Waals surface area contributed by atoms with Gasteiger partial charge in [-0.05, 0) is 23.8 Å². The molecule has 2 aromatic carbocycles. The summed E-state index contributed by atoms with van der Waals surface area (Å²) >= 11 is 5.98. The molecule has 3 aromatic rings. The van der Waals surface area contributed by atoms with E-state index in [0.717, 1.165) is 17.7 Å². The fourth-order valence-corrected chi connectivity index (χ4v) is 5.65. The third-order valence-electron chi connectivity index (χ3n) is 5.66. The smallest absolute Gasteiger partial charge is 0.347 e. The van der Waals surface area contributed by atoms with Crippen molar-refractivity contribution in [1.82, 2.24) is 19.2 Å². The molecule has 2 atom stereocenters. The van der Waals surface area contributed by atoms with Crippen molar-refractivity contribution >= 4 is 27.5 Å². The molecule has 1 aliphatic heterocycles. The fraction of sp³-hybridized carbons (Fsp3) is 0.273. The molecule has 0 bridgehead atoms. The van der Waals surface area contributed by atoms with Crippen LogP contribution in [-0.2, 0) is 23.2 Å². The van der Waals surface area contributed by atoms with Crippen LogP contribution in [0.25, 0.3) is 0 Å². The van der Waals surface area contributed by atoms with Crippen molar-refractivity contribution in [1.29, 1.82) is 0 Å². The van der Waals surface area contributed by atoms with E-state index in [1.54, 1.807) is 19.2 Å². The monoisotopic (exact) mass is 512 g/mol. The van der Waals surface area contributed by atoms with Crippen molar-refractivity contribution in [3.8, 4) is 0 Å². The SMILES string of the molecule is Cn1cnc(S(=O)(=O)N2C[C@@H](NC(=O)c3ccc(C(F)(F)F)cc3Cl)[C@H](c3ccccc3)C2)c1. The van der Waals surface area contributed by atoms with Crippen LogP contribution in [0, 0.1) is 0 Å².